The lowest BCUT2D eigenvalue weighted by atomic mass is 10.1. The van der Waals surface area contributed by atoms with Gasteiger partial charge in [-0.25, -0.2) is 19.7 Å². The molecule has 34 heavy (non-hydrogen) atoms. The van der Waals surface area contributed by atoms with Crippen LogP contribution >= 0.6 is 11.6 Å². The predicted molar refractivity (Wildman–Crippen MR) is 125 cm³/mol. The van der Waals surface area contributed by atoms with Gasteiger partial charge in [0.1, 0.15) is 30.2 Å². The van der Waals surface area contributed by atoms with E-state index in [1.165, 1.54) is 17.2 Å². The van der Waals surface area contributed by atoms with Crippen molar-refractivity contribution in [2.75, 3.05) is 32.4 Å². The number of aliphatic hydroxyl groups excluding tert-OH is 2. The van der Waals surface area contributed by atoms with Gasteiger partial charge in [0.05, 0.1) is 6.33 Å². The van der Waals surface area contributed by atoms with Crippen LogP contribution in [0.4, 0.5) is 10.6 Å². The average Bonchev–Trinajstić information content (AvgIpc) is 3.36. The number of nitrogens with two attached hydrogens (primary N) is 1. The number of carbonyl (C=O) groups is 1. The molecule has 4 rings (SSSR count). The molecule has 13 heteroatoms. The van der Waals surface area contributed by atoms with Gasteiger partial charge in [0.2, 0.25) is 0 Å². The van der Waals surface area contributed by atoms with Crippen LogP contribution in [0.2, 0.25) is 5.02 Å². The van der Waals surface area contributed by atoms with Gasteiger partial charge in [-0.15, -0.1) is 0 Å². The van der Waals surface area contributed by atoms with Crippen molar-refractivity contribution in [3.63, 3.8) is 0 Å². The molecule has 4 atom stereocenters. The number of nitrogens with zero attached hydrogens (tertiary/aromatic N) is 5. The number of rotatable bonds is 8. The number of halogens is 1. The summed E-state index contributed by atoms with van der Waals surface area (Å²) in [5, 5.41) is 27.3. The first-order valence-corrected chi connectivity index (χ1v) is 11.1. The number of ether oxygens (including phenoxy) is 1. The van der Waals surface area contributed by atoms with E-state index in [-0.39, 0.29) is 11.8 Å². The van der Waals surface area contributed by atoms with Crippen LogP contribution in [0.25, 0.3) is 11.2 Å². The van der Waals surface area contributed by atoms with E-state index in [0.29, 0.717) is 42.4 Å². The maximum Gasteiger partial charge on any atom is 0.315 e. The molecule has 1 saturated heterocycles. The number of nitrogens with one attached hydrogen (secondary N) is 2. The number of nitrogen functional groups attached to an aromatic ring is 1. The van der Waals surface area contributed by atoms with Crippen molar-refractivity contribution in [3.05, 3.63) is 47.5 Å². The van der Waals surface area contributed by atoms with E-state index >= 15 is 0 Å². The van der Waals surface area contributed by atoms with Gasteiger partial charge in [-0.05, 0) is 24.7 Å². The number of aromatic nitrogens is 4. The summed E-state index contributed by atoms with van der Waals surface area (Å²) in [6, 6.07) is 6.94. The highest BCUT2D eigenvalue weighted by atomic mass is 35.5. The SMILES string of the molecule is CN(CCNC(=O)NCc1ccc(Cl)cc1)C[C@H]1O[C@@H](n2cnc3c(N)ncnc32)[C@H](O)[C@@H]1O. The lowest BCUT2D eigenvalue weighted by molar-refractivity contribution is -0.0420. The molecule has 0 bridgehead atoms. The summed E-state index contributed by atoms with van der Waals surface area (Å²) in [5.74, 6) is 0.220. The van der Waals surface area contributed by atoms with Crippen LogP contribution in [0.5, 0.6) is 0 Å². The first kappa shape index (κ1) is 24.1. The summed E-state index contributed by atoms with van der Waals surface area (Å²) in [6.45, 7) is 1.63. The van der Waals surface area contributed by atoms with Crippen molar-refractivity contribution in [1.29, 1.82) is 0 Å². The number of imidazole rings is 1. The second-order valence-electron chi connectivity index (χ2n) is 8.13. The third-order valence-electron chi connectivity index (χ3n) is 5.64. The highest BCUT2D eigenvalue weighted by Gasteiger charge is 2.44. The van der Waals surface area contributed by atoms with E-state index in [1.807, 2.05) is 24.1 Å². The second-order valence-corrected chi connectivity index (χ2v) is 8.56. The van der Waals surface area contributed by atoms with Crippen molar-refractivity contribution in [1.82, 2.24) is 35.1 Å². The number of carbonyl (C=O) groups excluding carboxylic acids is 1. The molecule has 1 aliphatic heterocycles. The second kappa shape index (κ2) is 10.5. The molecule has 182 valence electrons. The van der Waals surface area contributed by atoms with Gasteiger partial charge in [0.25, 0.3) is 0 Å². The van der Waals surface area contributed by atoms with Gasteiger partial charge in [0, 0.05) is 31.2 Å². The van der Waals surface area contributed by atoms with E-state index in [4.69, 9.17) is 22.1 Å². The summed E-state index contributed by atoms with van der Waals surface area (Å²) in [4.78, 5) is 26.2. The van der Waals surface area contributed by atoms with Crippen LogP contribution in [0.1, 0.15) is 11.8 Å². The summed E-state index contributed by atoms with van der Waals surface area (Å²) < 4.78 is 7.48. The number of likely N-dealkylation sites (N-methyl/N-ethyl adjacent to an activating group) is 1. The summed E-state index contributed by atoms with van der Waals surface area (Å²) in [7, 11) is 1.84. The molecule has 0 aliphatic carbocycles. The highest BCUT2D eigenvalue weighted by Crippen LogP contribution is 2.32. The van der Waals surface area contributed by atoms with Gasteiger partial charge in [-0.2, -0.15) is 0 Å². The number of fused-ring (bicyclic) bond motifs is 1. The zero-order valence-electron chi connectivity index (χ0n) is 18.5. The first-order chi connectivity index (χ1) is 16.3. The Morgan fingerprint density at radius 2 is 1.97 bits per heavy atom. The molecule has 2 amide bonds. The van der Waals surface area contributed by atoms with Gasteiger partial charge >= 0.3 is 6.03 Å². The van der Waals surface area contributed by atoms with Gasteiger partial charge in [0.15, 0.2) is 17.7 Å². The van der Waals surface area contributed by atoms with Crippen LogP contribution in [-0.4, -0.2) is 85.7 Å². The average molecular weight is 491 g/mol. The van der Waals surface area contributed by atoms with Crippen molar-refractivity contribution in [3.8, 4) is 0 Å². The highest BCUT2D eigenvalue weighted by molar-refractivity contribution is 6.30. The number of anilines is 1. The van der Waals surface area contributed by atoms with E-state index in [2.05, 4.69) is 25.6 Å². The largest absolute Gasteiger partial charge is 0.387 e. The zero-order chi connectivity index (χ0) is 24.2. The minimum Gasteiger partial charge on any atom is -0.387 e. The Hall–Kier alpha value is -3.03. The molecule has 3 aromatic rings. The maximum atomic E-state index is 12.0. The molecule has 3 heterocycles. The number of aliphatic hydroxyl groups is 2. The normalized spacial score (nSPS) is 22.4. The monoisotopic (exact) mass is 490 g/mol. The molecule has 0 saturated carbocycles. The number of amides is 2. The minimum atomic E-state index is -1.18. The minimum absolute atomic E-state index is 0.220. The Kier molecular flexibility index (Phi) is 7.44. The molecule has 0 radical (unpaired) electrons. The van der Waals surface area contributed by atoms with E-state index < -0.39 is 24.5 Å². The third kappa shape index (κ3) is 5.37. The van der Waals surface area contributed by atoms with Crippen molar-refractivity contribution in [2.45, 2.75) is 31.1 Å². The molecule has 0 spiro atoms. The first-order valence-electron chi connectivity index (χ1n) is 10.7. The molecule has 2 aromatic heterocycles. The number of hydrogen-bond acceptors (Lipinski definition) is 9. The van der Waals surface area contributed by atoms with Crippen LogP contribution in [0.3, 0.4) is 0 Å². The van der Waals surface area contributed by atoms with Gasteiger partial charge in [-0.1, -0.05) is 23.7 Å². The standard InChI is InChI=1S/C21H27ClN8O4/c1-29(7-6-24-21(33)25-8-12-2-4-13(22)5-3-12)9-14-16(31)17(32)20(34-14)30-11-28-15-18(23)26-10-27-19(15)30/h2-5,10-11,14,16-17,20,31-32H,6-9H2,1H3,(H2,23,26,27)(H2,24,25,33)/t14-,16-,17-,20-/m1/s1. The van der Waals surface area contributed by atoms with E-state index in [1.54, 1.807) is 12.1 Å². The Morgan fingerprint density at radius 1 is 1.21 bits per heavy atom. The van der Waals surface area contributed by atoms with Crippen molar-refractivity contribution < 1.29 is 19.7 Å². The van der Waals surface area contributed by atoms with Crippen LogP contribution in [-0.2, 0) is 11.3 Å². The molecule has 1 aromatic carbocycles. The Bertz CT molecular complexity index is 1130. The van der Waals surface area contributed by atoms with Crippen molar-refractivity contribution in [2.24, 2.45) is 0 Å². The topological polar surface area (TPSA) is 164 Å². The smallest absolute Gasteiger partial charge is 0.315 e. The molecular formula is C21H27ClN8O4. The van der Waals surface area contributed by atoms with Crippen LogP contribution in [0, 0.1) is 0 Å². The summed E-state index contributed by atoms with van der Waals surface area (Å²) in [6.07, 6.45) is -1.06. The maximum absolute atomic E-state index is 12.0. The Balaban J connectivity index is 1.24. The van der Waals surface area contributed by atoms with Gasteiger partial charge < -0.3 is 36.2 Å². The van der Waals surface area contributed by atoms with E-state index in [0.717, 1.165) is 5.56 Å². The van der Waals surface area contributed by atoms with Crippen LogP contribution < -0.4 is 16.4 Å². The lowest BCUT2D eigenvalue weighted by Gasteiger charge is -2.23. The fourth-order valence-electron chi connectivity index (χ4n) is 3.77. The Labute approximate surface area is 200 Å². The number of hydrogen-bond donors (Lipinski definition) is 5. The molecule has 6 N–H and O–H groups in total. The lowest BCUT2D eigenvalue weighted by Crippen LogP contribution is -2.43. The molecule has 1 fully saturated rings. The third-order valence-corrected chi connectivity index (χ3v) is 5.89. The van der Waals surface area contributed by atoms with Crippen LogP contribution in [0.15, 0.2) is 36.9 Å². The molecule has 12 nitrogen and oxygen atoms in total. The van der Waals surface area contributed by atoms with Gasteiger partial charge in [-0.3, -0.25) is 4.57 Å². The molecule has 0 unspecified atom stereocenters. The Morgan fingerprint density at radius 3 is 2.74 bits per heavy atom. The summed E-state index contributed by atoms with van der Waals surface area (Å²) in [5.41, 5.74) is 7.57. The number of urea groups is 1. The molecule has 1 aliphatic rings. The van der Waals surface area contributed by atoms with E-state index in [9.17, 15) is 15.0 Å². The fraction of sp³-hybridized carbons (Fsp3) is 0.429. The summed E-state index contributed by atoms with van der Waals surface area (Å²) >= 11 is 5.86. The molecular weight excluding hydrogens is 464 g/mol. The quantitative estimate of drug-likeness (QED) is 0.295. The van der Waals surface area contributed by atoms with Crippen molar-refractivity contribution >= 4 is 34.6 Å². The number of benzene rings is 1. The zero-order valence-corrected chi connectivity index (χ0v) is 19.3. The fourth-order valence-corrected chi connectivity index (χ4v) is 3.90. The predicted octanol–water partition coefficient (Wildman–Crippen LogP) is 0.112.